The molecule has 5 heteroatoms. The largest absolute Gasteiger partial charge is 0.324 e. The first-order valence-corrected chi connectivity index (χ1v) is 6.76. The summed E-state index contributed by atoms with van der Waals surface area (Å²) < 4.78 is 13.4. The quantitative estimate of drug-likeness (QED) is 0.844. The van der Waals surface area contributed by atoms with Crippen LogP contribution in [0.15, 0.2) is 36.4 Å². The minimum absolute atomic E-state index is 0.0400. The van der Waals surface area contributed by atoms with Crippen LogP contribution in [0.25, 0.3) is 0 Å². The summed E-state index contributed by atoms with van der Waals surface area (Å²) in [6.45, 7) is 0. The Hall–Kier alpha value is -0.800. The number of benzene rings is 2. The first-order valence-electron chi connectivity index (χ1n) is 5.63. The van der Waals surface area contributed by atoms with Crippen LogP contribution in [0.2, 0.25) is 15.1 Å². The molecule has 0 aliphatic carbocycles. The van der Waals surface area contributed by atoms with Gasteiger partial charge in [-0.25, -0.2) is 4.39 Å². The molecule has 0 radical (unpaired) electrons. The van der Waals surface area contributed by atoms with E-state index in [9.17, 15) is 4.39 Å². The molecule has 2 rings (SSSR count). The zero-order valence-electron chi connectivity index (χ0n) is 9.84. The van der Waals surface area contributed by atoms with Gasteiger partial charge in [-0.1, -0.05) is 53.0 Å². The van der Waals surface area contributed by atoms with Gasteiger partial charge < -0.3 is 5.73 Å². The lowest BCUT2D eigenvalue weighted by molar-refractivity contribution is 0.619. The van der Waals surface area contributed by atoms with Crippen LogP contribution in [0.4, 0.5) is 4.39 Å². The molecule has 19 heavy (non-hydrogen) atoms. The van der Waals surface area contributed by atoms with Gasteiger partial charge in [0, 0.05) is 16.1 Å². The van der Waals surface area contributed by atoms with Crippen molar-refractivity contribution < 1.29 is 4.39 Å². The molecule has 0 spiro atoms. The third kappa shape index (κ3) is 3.21. The fourth-order valence-electron chi connectivity index (χ4n) is 1.86. The van der Waals surface area contributed by atoms with Crippen LogP contribution < -0.4 is 5.73 Å². The second-order valence-corrected chi connectivity index (χ2v) is 5.35. The summed E-state index contributed by atoms with van der Waals surface area (Å²) in [4.78, 5) is 0. The van der Waals surface area contributed by atoms with Crippen molar-refractivity contribution in [1.82, 2.24) is 0 Å². The van der Waals surface area contributed by atoms with E-state index in [1.54, 1.807) is 30.3 Å². The van der Waals surface area contributed by atoms with E-state index in [1.165, 1.54) is 6.07 Å². The minimum atomic E-state index is -0.486. The van der Waals surface area contributed by atoms with Gasteiger partial charge >= 0.3 is 0 Å². The molecule has 0 heterocycles. The van der Waals surface area contributed by atoms with Crippen LogP contribution >= 0.6 is 34.8 Å². The Labute approximate surface area is 126 Å². The minimum Gasteiger partial charge on any atom is -0.324 e. The van der Waals surface area contributed by atoms with Gasteiger partial charge in [0.2, 0.25) is 0 Å². The number of halogens is 4. The van der Waals surface area contributed by atoms with E-state index in [0.29, 0.717) is 22.0 Å². The van der Waals surface area contributed by atoms with Crippen molar-refractivity contribution >= 4 is 34.8 Å². The van der Waals surface area contributed by atoms with Crippen molar-refractivity contribution in [2.45, 2.75) is 12.5 Å². The van der Waals surface area contributed by atoms with E-state index in [0.717, 1.165) is 5.56 Å². The van der Waals surface area contributed by atoms with Crippen LogP contribution in [-0.2, 0) is 6.42 Å². The molecule has 1 unspecified atom stereocenters. The molecule has 2 aromatic carbocycles. The number of hydrogen-bond donors (Lipinski definition) is 1. The summed E-state index contributed by atoms with van der Waals surface area (Å²) in [7, 11) is 0. The molecule has 2 N–H and O–H groups in total. The SMILES string of the molecule is NC(Cc1c(Cl)cccc1Cl)c1cccc(F)c1Cl. The van der Waals surface area contributed by atoms with Crippen LogP contribution in [0.5, 0.6) is 0 Å². The Morgan fingerprint density at radius 3 is 2.21 bits per heavy atom. The average Bonchev–Trinajstić information content (AvgIpc) is 2.37. The molecule has 0 bridgehead atoms. The van der Waals surface area contributed by atoms with Crippen molar-refractivity contribution in [2.75, 3.05) is 0 Å². The topological polar surface area (TPSA) is 26.0 Å². The summed E-state index contributed by atoms with van der Waals surface area (Å²) in [5.41, 5.74) is 7.34. The standard InChI is InChI=1S/C14H11Cl3FN/c15-10-4-2-5-11(16)9(10)7-13(19)8-3-1-6-12(18)14(8)17/h1-6,13H,7,19H2. The van der Waals surface area contributed by atoms with E-state index < -0.39 is 11.9 Å². The van der Waals surface area contributed by atoms with Crippen molar-refractivity contribution in [2.24, 2.45) is 5.73 Å². The van der Waals surface area contributed by atoms with Crippen LogP contribution in [0.3, 0.4) is 0 Å². The Bertz CT molecular complexity index is 581. The Kier molecular flexibility index (Phi) is 4.69. The lowest BCUT2D eigenvalue weighted by Crippen LogP contribution is -2.14. The normalized spacial score (nSPS) is 12.5. The summed E-state index contributed by atoms with van der Waals surface area (Å²) in [6.07, 6.45) is 0.391. The zero-order chi connectivity index (χ0) is 14.0. The maximum Gasteiger partial charge on any atom is 0.142 e. The summed E-state index contributed by atoms with van der Waals surface area (Å²) in [5.74, 6) is -0.486. The lowest BCUT2D eigenvalue weighted by Gasteiger charge is -2.16. The molecule has 100 valence electrons. The summed E-state index contributed by atoms with van der Waals surface area (Å²) >= 11 is 18.1. The van der Waals surface area contributed by atoms with Gasteiger partial charge in [-0.15, -0.1) is 0 Å². The zero-order valence-corrected chi connectivity index (χ0v) is 12.1. The highest BCUT2D eigenvalue weighted by atomic mass is 35.5. The van der Waals surface area contributed by atoms with Crippen molar-refractivity contribution in [3.8, 4) is 0 Å². The van der Waals surface area contributed by atoms with Crippen LogP contribution in [-0.4, -0.2) is 0 Å². The van der Waals surface area contributed by atoms with Gasteiger partial charge in [0.15, 0.2) is 0 Å². The Morgan fingerprint density at radius 1 is 1.00 bits per heavy atom. The molecular formula is C14H11Cl3FN. The summed E-state index contributed by atoms with van der Waals surface area (Å²) in [5, 5.41) is 1.11. The fourth-order valence-corrected chi connectivity index (χ4v) is 2.68. The predicted molar refractivity (Wildman–Crippen MR) is 78.5 cm³/mol. The molecule has 0 aliphatic rings. The highest BCUT2D eigenvalue weighted by Gasteiger charge is 2.16. The van der Waals surface area contributed by atoms with E-state index in [4.69, 9.17) is 40.5 Å². The second-order valence-electron chi connectivity index (χ2n) is 4.15. The van der Waals surface area contributed by atoms with Gasteiger partial charge in [-0.3, -0.25) is 0 Å². The fraction of sp³-hybridized carbons (Fsp3) is 0.143. The predicted octanol–water partition coefficient (Wildman–Crippen LogP) is 5.03. The maximum absolute atomic E-state index is 13.4. The average molecular weight is 319 g/mol. The van der Waals surface area contributed by atoms with Crippen LogP contribution in [0, 0.1) is 5.82 Å². The maximum atomic E-state index is 13.4. The van der Waals surface area contributed by atoms with E-state index in [1.807, 2.05) is 0 Å². The highest BCUT2D eigenvalue weighted by molar-refractivity contribution is 6.36. The molecule has 1 nitrogen and oxygen atoms in total. The Balaban J connectivity index is 2.31. The van der Waals surface area contributed by atoms with Crippen LogP contribution in [0.1, 0.15) is 17.2 Å². The van der Waals surface area contributed by atoms with Crippen molar-refractivity contribution in [1.29, 1.82) is 0 Å². The van der Waals surface area contributed by atoms with E-state index in [-0.39, 0.29) is 5.02 Å². The van der Waals surface area contributed by atoms with Gasteiger partial charge in [0.1, 0.15) is 5.82 Å². The molecule has 0 saturated heterocycles. The molecule has 2 aromatic rings. The molecule has 1 atom stereocenters. The van der Waals surface area contributed by atoms with Gasteiger partial charge in [0.05, 0.1) is 5.02 Å². The van der Waals surface area contributed by atoms with Gasteiger partial charge in [-0.05, 0) is 35.7 Å². The number of nitrogens with two attached hydrogens (primary N) is 1. The highest BCUT2D eigenvalue weighted by Crippen LogP contribution is 2.31. The molecule has 0 amide bonds. The first kappa shape index (κ1) is 14.6. The molecule has 0 aromatic heterocycles. The molecule has 0 saturated carbocycles. The second kappa shape index (κ2) is 6.10. The Morgan fingerprint density at radius 2 is 1.58 bits per heavy atom. The van der Waals surface area contributed by atoms with Crippen molar-refractivity contribution in [3.05, 3.63) is 68.4 Å². The van der Waals surface area contributed by atoms with Gasteiger partial charge in [-0.2, -0.15) is 0 Å². The smallest absolute Gasteiger partial charge is 0.142 e. The van der Waals surface area contributed by atoms with Crippen molar-refractivity contribution in [3.63, 3.8) is 0 Å². The molecule has 0 fully saturated rings. The lowest BCUT2D eigenvalue weighted by atomic mass is 9.99. The first-order chi connectivity index (χ1) is 9.00. The molecule has 0 aliphatic heterocycles. The monoisotopic (exact) mass is 317 g/mol. The van der Waals surface area contributed by atoms with E-state index >= 15 is 0 Å². The molecular weight excluding hydrogens is 308 g/mol. The third-order valence-electron chi connectivity index (χ3n) is 2.87. The summed E-state index contributed by atoms with van der Waals surface area (Å²) in [6, 6.07) is 9.33. The number of hydrogen-bond acceptors (Lipinski definition) is 1. The van der Waals surface area contributed by atoms with Gasteiger partial charge in [0.25, 0.3) is 0 Å². The number of rotatable bonds is 3. The third-order valence-corrected chi connectivity index (χ3v) is 3.97. The van der Waals surface area contributed by atoms with E-state index in [2.05, 4.69) is 0 Å².